The first-order chi connectivity index (χ1) is 24.3. The number of carbonyl (C=O) groups is 2. The Labute approximate surface area is 305 Å². The Bertz CT molecular complexity index is 2040. The molecule has 0 spiro atoms. The van der Waals surface area contributed by atoms with Crippen LogP contribution in [0.25, 0.3) is 11.1 Å². The summed E-state index contributed by atoms with van der Waals surface area (Å²) in [7, 11) is -8.17. The van der Waals surface area contributed by atoms with Gasteiger partial charge in [-0.1, -0.05) is 30.3 Å². The van der Waals surface area contributed by atoms with Crippen LogP contribution in [0.2, 0.25) is 0 Å². The lowest BCUT2D eigenvalue weighted by atomic mass is 10.1. The molecule has 0 amide bonds. The third kappa shape index (κ3) is 10.5. The van der Waals surface area contributed by atoms with Crippen molar-refractivity contribution in [1.82, 2.24) is 0 Å². The van der Waals surface area contributed by atoms with Crippen LogP contribution in [0.5, 0.6) is 5.75 Å². The van der Waals surface area contributed by atoms with Crippen molar-refractivity contribution in [3.05, 3.63) is 102 Å². The topological polar surface area (TPSA) is 119 Å². The lowest BCUT2D eigenvalue weighted by molar-refractivity contribution is -0.179. The lowest BCUT2D eigenvalue weighted by Crippen LogP contribution is -2.44. The second kappa shape index (κ2) is 15.1. The van der Waals surface area contributed by atoms with Gasteiger partial charge < -0.3 is 18.8 Å². The second-order valence-electron chi connectivity index (χ2n) is 13.5. The molecule has 4 rings (SSSR count). The molecule has 4 aromatic rings. The first-order valence-corrected chi connectivity index (χ1v) is 18.3. The van der Waals surface area contributed by atoms with E-state index in [4.69, 9.17) is 14.2 Å². The number of carbonyl (C=O) groups excluding carboxylic acids is 2. The van der Waals surface area contributed by atoms with E-state index in [0.29, 0.717) is 17.2 Å². The summed E-state index contributed by atoms with van der Waals surface area (Å²) in [6.07, 6.45) is -13.1. The van der Waals surface area contributed by atoms with Crippen LogP contribution in [0.4, 0.5) is 26.3 Å². The first kappa shape index (κ1) is 41.2. The third-order valence-electron chi connectivity index (χ3n) is 6.91. The molecule has 0 saturated heterocycles. The van der Waals surface area contributed by atoms with Crippen molar-refractivity contribution < 1.29 is 63.1 Å². The molecule has 4 aromatic carbocycles. The summed E-state index contributed by atoms with van der Waals surface area (Å²) in [5.41, 5.74) is -5.42. The van der Waals surface area contributed by atoms with Gasteiger partial charge in [0.1, 0.15) is 32.6 Å². The number of benzene rings is 4. The van der Waals surface area contributed by atoms with Gasteiger partial charge in [0.15, 0.2) is 14.7 Å². The molecule has 0 aromatic heterocycles. The van der Waals surface area contributed by atoms with Gasteiger partial charge in [-0.15, -0.1) is 0 Å². The molecule has 0 aliphatic heterocycles. The summed E-state index contributed by atoms with van der Waals surface area (Å²) < 4.78 is 138. The van der Waals surface area contributed by atoms with Crippen LogP contribution < -0.4 is 4.74 Å². The van der Waals surface area contributed by atoms with Crippen LogP contribution in [0.15, 0.2) is 111 Å². The Morgan fingerprint density at radius 2 is 1.19 bits per heavy atom. The molecule has 16 heteroatoms. The van der Waals surface area contributed by atoms with Crippen molar-refractivity contribution in [2.45, 2.75) is 90.8 Å². The van der Waals surface area contributed by atoms with Crippen molar-refractivity contribution in [2.75, 3.05) is 0 Å². The molecule has 0 N–H and O–H groups in total. The number of halogens is 6. The minimum absolute atomic E-state index is 0.0586. The zero-order chi connectivity index (χ0) is 39.7. The number of rotatable bonds is 9. The molecule has 8 nitrogen and oxygen atoms in total. The van der Waals surface area contributed by atoms with E-state index in [2.05, 4.69) is 0 Å². The molecule has 1 unspecified atom stereocenters. The Morgan fingerprint density at radius 1 is 0.660 bits per heavy atom. The smallest absolute Gasteiger partial charge is 0.422 e. The van der Waals surface area contributed by atoms with Crippen molar-refractivity contribution in [3.8, 4) is 16.9 Å². The largest absolute Gasteiger partial charge is 0.744 e. The first-order valence-electron chi connectivity index (χ1n) is 15.7. The quantitative estimate of drug-likeness (QED) is 0.0544. The molecular weight excluding hydrogens is 751 g/mol. The molecule has 0 fully saturated rings. The van der Waals surface area contributed by atoms with Crippen molar-refractivity contribution in [3.63, 3.8) is 0 Å². The van der Waals surface area contributed by atoms with E-state index < -0.39 is 83.5 Å². The molecule has 1 atom stereocenters. The van der Waals surface area contributed by atoms with Crippen molar-refractivity contribution >= 4 is 33.0 Å². The minimum Gasteiger partial charge on any atom is -0.744 e. The van der Waals surface area contributed by atoms with Gasteiger partial charge in [0.2, 0.25) is 0 Å². The lowest BCUT2D eigenvalue weighted by Gasteiger charge is -2.26. The fourth-order valence-electron chi connectivity index (χ4n) is 5.00. The molecule has 284 valence electrons. The van der Waals surface area contributed by atoms with E-state index >= 15 is 0 Å². The van der Waals surface area contributed by atoms with Gasteiger partial charge in [0.25, 0.3) is 6.10 Å². The van der Waals surface area contributed by atoms with Crippen molar-refractivity contribution in [1.29, 1.82) is 0 Å². The highest BCUT2D eigenvalue weighted by molar-refractivity contribution is 7.97. The van der Waals surface area contributed by atoms with Crippen LogP contribution in [0, 0.1) is 0 Å². The van der Waals surface area contributed by atoms with Gasteiger partial charge in [0.05, 0.1) is 21.4 Å². The Balaban J connectivity index is 1.82. The average Bonchev–Trinajstić information content (AvgIpc) is 3.01. The fourth-order valence-corrected chi connectivity index (χ4v) is 8.24. The van der Waals surface area contributed by atoms with E-state index in [-0.39, 0.29) is 21.6 Å². The van der Waals surface area contributed by atoms with E-state index in [1.54, 1.807) is 59.7 Å². The molecule has 53 heavy (non-hydrogen) atoms. The molecule has 0 radical (unpaired) electrons. The fraction of sp³-hybridized carbons (Fsp3) is 0.297. The van der Waals surface area contributed by atoms with Crippen LogP contribution in [-0.4, -0.2) is 42.2 Å². The van der Waals surface area contributed by atoms with Gasteiger partial charge in [-0.2, -0.15) is 26.3 Å². The molecule has 0 aliphatic carbocycles. The summed E-state index contributed by atoms with van der Waals surface area (Å²) in [4.78, 5) is 23.0. The third-order valence-corrected chi connectivity index (χ3v) is 10.1. The molecular formula is C37H34F6O8S2. The summed E-state index contributed by atoms with van der Waals surface area (Å²) in [5, 5.41) is 0. The second-order valence-corrected chi connectivity index (χ2v) is 16.8. The van der Waals surface area contributed by atoms with Crippen LogP contribution in [-0.2, 0) is 52.4 Å². The number of hydrogen-bond acceptors (Lipinski definition) is 8. The number of hydrogen-bond donors (Lipinski definition) is 0. The predicted octanol–water partition coefficient (Wildman–Crippen LogP) is 8.82. The average molecular weight is 785 g/mol. The van der Waals surface area contributed by atoms with Crippen LogP contribution in [0.1, 0.15) is 52.7 Å². The van der Waals surface area contributed by atoms with E-state index in [9.17, 15) is 48.9 Å². The standard InChI is InChI=1S/C37H34F6O8S2/c1-34(2,3)50-32(44)30(33(45)51-35(4,5)6)49-24-12-10-11-23(21-24)22-15-17-26(18-16-22)52(25-13-8-7-9-14-25)28-20-19-27(36(38,39)40)31(53(46,47)48)29(28)37(41,42)43/h7-21,30H,1-6H3. The minimum atomic E-state index is -6.29. The zero-order valence-electron chi connectivity index (χ0n) is 29.1. The monoisotopic (exact) mass is 784 g/mol. The zero-order valence-corrected chi connectivity index (χ0v) is 30.7. The van der Waals surface area contributed by atoms with Crippen LogP contribution in [0.3, 0.4) is 0 Å². The number of ether oxygens (including phenoxy) is 3. The summed E-state index contributed by atoms with van der Waals surface area (Å²) >= 11 is 0. The normalized spacial score (nSPS) is 13.4. The summed E-state index contributed by atoms with van der Waals surface area (Å²) in [5.74, 6) is -1.93. The molecule has 0 bridgehead atoms. The summed E-state index contributed by atoms with van der Waals surface area (Å²) in [6.45, 7) is 9.65. The van der Waals surface area contributed by atoms with Gasteiger partial charge in [0, 0.05) is 0 Å². The van der Waals surface area contributed by atoms with Crippen molar-refractivity contribution in [2.24, 2.45) is 0 Å². The summed E-state index contributed by atoms with van der Waals surface area (Å²) in [6, 6.07) is 20.0. The van der Waals surface area contributed by atoms with E-state index in [1.807, 2.05) is 0 Å². The van der Waals surface area contributed by atoms with Gasteiger partial charge >= 0.3 is 24.3 Å². The van der Waals surface area contributed by atoms with Gasteiger partial charge in [-0.05, 0) is 113 Å². The SMILES string of the molecule is CC(C)(C)OC(=O)C(Oc1cccc(-c2ccc([S+](c3ccccc3)c3ccc(C(F)(F)F)c(S(=O)(=O)[O-])c3C(F)(F)F)cc2)c1)C(=O)OC(C)(C)C. The van der Waals surface area contributed by atoms with Crippen LogP contribution >= 0.6 is 0 Å². The number of esters is 2. The highest BCUT2D eigenvalue weighted by Crippen LogP contribution is 2.47. The molecule has 0 aliphatic rings. The highest BCUT2D eigenvalue weighted by Gasteiger charge is 2.49. The number of alkyl halides is 6. The van der Waals surface area contributed by atoms with Gasteiger partial charge in [-0.25, -0.2) is 18.0 Å². The van der Waals surface area contributed by atoms with E-state index in [0.717, 1.165) is 0 Å². The van der Waals surface area contributed by atoms with Gasteiger partial charge in [-0.3, -0.25) is 0 Å². The van der Waals surface area contributed by atoms with E-state index in [1.165, 1.54) is 60.7 Å². The maximum atomic E-state index is 14.6. The Hall–Kier alpha value is -4.54. The maximum absolute atomic E-state index is 14.6. The molecule has 0 saturated carbocycles. The Kier molecular flexibility index (Phi) is 11.7. The maximum Gasteiger partial charge on any atom is 0.422 e. The predicted molar refractivity (Wildman–Crippen MR) is 181 cm³/mol. The Morgan fingerprint density at radius 3 is 1.66 bits per heavy atom. The highest BCUT2D eigenvalue weighted by atomic mass is 32.2. The molecule has 0 heterocycles.